The number of nitrogens with one attached hydrogen (secondary N) is 1. The number of ether oxygens (including phenoxy) is 2. The second-order valence-electron chi connectivity index (χ2n) is 7.51. The van der Waals surface area contributed by atoms with E-state index in [1.165, 1.54) is 42.5 Å². The fourth-order valence-electron chi connectivity index (χ4n) is 3.58. The van der Waals surface area contributed by atoms with E-state index in [2.05, 4.69) is 5.32 Å². The Morgan fingerprint density at radius 1 is 1.21 bits per heavy atom. The summed E-state index contributed by atoms with van der Waals surface area (Å²) in [7, 11) is -4.11. The summed E-state index contributed by atoms with van der Waals surface area (Å²) in [4.78, 5) is 36.5. The highest BCUT2D eigenvalue weighted by molar-refractivity contribution is 7.89. The molecule has 174 valence electrons. The fourth-order valence-corrected chi connectivity index (χ4v) is 5.33. The van der Waals surface area contributed by atoms with Crippen LogP contribution in [0.15, 0.2) is 47.4 Å². The van der Waals surface area contributed by atoms with Crippen molar-refractivity contribution in [1.29, 1.82) is 0 Å². The fraction of sp³-hybridized carbons (Fsp3) is 0.286. The molecule has 1 saturated heterocycles. The third-order valence-electron chi connectivity index (χ3n) is 5.21. The summed E-state index contributed by atoms with van der Waals surface area (Å²) in [6.07, 6.45) is -1.23. The van der Waals surface area contributed by atoms with Crippen LogP contribution >= 0.6 is 11.6 Å². The molecule has 2 aromatic carbocycles. The summed E-state index contributed by atoms with van der Waals surface area (Å²) in [6, 6.07) is 8.49. The first-order valence-corrected chi connectivity index (χ1v) is 11.7. The largest absolute Gasteiger partial charge is 0.482 e. The van der Waals surface area contributed by atoms with E-state index in [9.17, 15) is 27.9 Å². The van der Waals surface area contributed by atoms with E-state index >= 15 is 0 Å². The molecule has 2 atom stereocenters. The molecule has 4 rings (SSSR count). The number of hydrogen-bond donors (Lipinski definition) is 2. The van der Waals surface area contributed by atoms with E-state index in [0.717, 1.165) is 4.31 Å². The summed E-state index contributed by atoms with van der Waals surface area (Å²) >= 11 is 5.81. The van der Waals surface area contributed by atoms with Crippen LogP contribution in [0.4, 0.5) is 5.69 Å². The van der Waals surface area contributed by atoms with Crippen LogP contribution in [-0.4, -0.2) is 67.4 Å². The molecule has 0 unspecified atom stereocenters. The number of amides is 1. The Bertz CT molecular complexity index is 1220. The maximum Gasteiger partial charge on any atom is 0.325 e. The Hall–Kier alpha value is -2.99. The number of nitrogens with zero attached hydrogens (tertiary/aromatic N) is 1. The molecule has 0 radical (unpaired) electrons. The van der Waals surface area contributed by atoms with Gasteiger partial charge in [0.1, 0.15) is 11.8 Å². The third kappa shape index (κ3) is 4.86. The van der Waals surface area contributed by atoms with E-state index in [0.29, 0.717) is 16.5 Å². The average molecular weight is 495 g/mol. The summed E-state index contributed by atoms with van der Waals surface area (Å²) in [5, 5.41) is 12.9. The molecule has 0 spiro atoms. The predicted molar refractivity (Wildman–Crippen MR) is 116 cm³/mol. The van der Waals surface area contributed by atoms with Gasteiger partial charge >= 0.3 is 5.97 Å². The van der Waals surface area contributed by atoms with E-state index < -0.39 is 40.5 Å². The third-order valence-corrected chi connectivity index (χ3v) is 7.35. The Morgan fingerprint density at radius 3 is 2.67 bits per heavy atom. The molecule has 0 saturated carbocycles. The number of anilines is 1. The number of benzene rings is 2. The zero-order chi connectivity index (χ0) is 23.8. The number of aliphatic hydroxyl groups is 1. The second-order valence-corrected chi connectivity index (χ2v) is 9.84. The molecule has 12 heteroatoms. The summed E-state index contributed by atoms with van der Waals surface area (Å²) in [6.45, 7) is -1.06. The zero-order valence-electron chi connectivity index (χ0n) is 17.1. The van der Waals surface area contributed by atoms with Crippen LogP contribution in [0, 0.1) is 0 Å². The van der Waals surface area contributed by atoms with Crippen LogP contribution in [0.5, 0.6) is 5.75 Å². The molecule has 2 aliphatic heterocycles. The lowest BCUT2D eigenvalue weighted by Crippen LogP contribution is -2.41. The van der Waals surface area contributed by atoms with Gasteiger partial charge in [0.05, 0.1) is 16.7 Å². The Balaban J connectivity index is 1.45. The van der Waals surface area contributed by atoms with Crippen LogP contribution in [0.1, 0.15) is 16.8 Å². The first kappa shape index (κ1) is 23.2. The standard InChI is InChI=1S/C21H19ClN2O8S/c22-13-2-4-15(5-3-13)33(29,30)24-9-14(25)8-17(24)21(28)32-10-18(26)12-1-6-19-16(7-12)23-20(27)11-31-19/h1-7,14,17,25H,8-11H2,(H,23,27)/t14-,17+/m1/s1. The molecule has 2 N–H and O–H groups in total. The average Bonchev–Trinajstić information content (AvgIpc) is 3.19. The molecular formula is C21H19ClN2O8S. The number of ketones is 1. The smallest absolute Gasteiger partial charge is 0.325 e. The van der Waals surface area contributed by atoms with Gasteiger partial charge in [0.15, 0.2) is 19.0 Å². The SMILES string of the molecule is O=C1COc2ccc(C(=O)COC(=O)[C@@H]3C[C@@H](O)CN3S(=O)(=O)c3ccc(Cl)cc3)cc2N1. The number of rotatable bonds is 6. The minimum atomic E-state index is -4.11. The molecule has 2 aliphatic rings. The van der Waals surface area contributed by atoms with Crippen LogP contribution in [0.3, 0.4) is 0 Å². The molecule has 0 aromatic heterocycles. The van der Waals surface area contributed by atoms with Gasteiger partial charge in [-0.1, -0.05) is 11.6 Å². The number of hydrogen-bond acceptors (Lipinski definition) is 8. The highest BCUT2D eigenvalue weighted by Crippen LogP contribution is 2.30. The monoisotopic (exact) mass is 494 g/mol. The number of Topliss-reactive ketones (excluding diaryl/α,β-unsaturated/α-hetero) is 1. The number of carbonyl (C=O) groups excluding carboxylic acids is 3. The molecule has 33 heavy (non-hydrogen) atoms. The van der Waals surface area contributed by atoms with E-state index in [1.54, 1.807) is 0 Å². The molecule has 1 amide bonds. The van der Waals surface area contributed by atoms with Crippen molar-refractivity contribution in [2.24, 2.45) is 0 Å². The van der Waals surface area contributed by atoms with Crippen molar-refractivity contribution in [1.82, 2.24) is 4.31 Å². The predicted octanol–water partition coefficient (Wildman–Crippen LogP) is 1.22. The van der Waals surface area contributed by atoms with Crippen molar-refractivity contribution in [2.75, 3.05) is 25.1 Å². The van der Waals surface area contributed by atoms with Gasteiger partial charge in [-0.15, -0.1) is 0 Å². The van der Waals surface area contributed by atoms with Crippen LogP contribution in [0.2, 0.25) is 5.02 Å². The van der Waals surface area contributed by atoms with Crippen LogP contribution < -0.4 is 10.1 Å². The van der Waals surface area contributed by atoms with Crippen LogP contribution in [-0.2, 0) is 24.3 Å². The number of esters is 1. The molecule has 2 heterocycles. The van der Waals surface area contributed by atoms with Crippen molar-refractivity contribution in [3.63, 3.8) is 0 Å². The van der Waals surface area contributed by atoms with Gasteiger partial charge in [-0.05, 0) is 42.5 Å². The van der Waals surface area contributed by atoms with E-state index in [-0.39, 0.29) is 35.9 Å². The van der Waals surface area contributed by atoms with Gasteiger partial charge in [0.25, 0.3) is 5.91 Å². The lowest BCUT2D eigenvalue weighted by Gasteiger charge is -2.22. The molecule has 0 bridgehead atoms. The Morgan fingerprint density at radius 2 is 1.94 bits per heavy atom. The summed E-state index contributed by atoms with van der Waals surface area (Å²) < 4.78 is 37.1. The minimum absolute atomic E-state index is 0.0896. The van der Waals surface area contributed by atoms with Crippen LogP contribution in [0.25, 0.3) is 0 Å². The topological polar surface area (TPSA) is 139 Å². The highest BCUT2D eigenvalue weighted by Gasteiger charge is 2.44. The van der Waals surface area contributed by atoms with Crippen molar-refractivity contribution < 1.29 is 37.4 Å². The number of sulfonamides is 1. The maximum atomic E-state index is 13.0. The van der Waals surface area contributed by atoms with Gasteiger partial charge < -0.3 is 19.9 Å². The Labute approximate surface area is 194 Å². The number of fused-ring (bicyclic) bond motifs is 1. The van der Waals surface area contributed by atoms with Crippen molar-refractivity contribution in [3.8, 4) is 5.75 Å². The summed E-state index contributed by atoms with van der Waals surface area (Å²) in [5.41, 5.74) is 0.493. The molecule has 10 nitrogen and oxygen atoms in total. The lowest BCUT2D eigenvalue weighted by atomic mass is 10.1. The quantitative estimate of drug-likeness (QED) is 0.451. The first-order chi connectivity index (χ1) is 15.6. The van der Waals surface area contributed by atoms with Gasteiger partial charge in [-0.25, -0.2) is 8.42 Å². The normalized spacial score (nSPS) is 20.5. The summed E-state index contributed by atoms with van der Waals surface area (Å²) in [5.74, 6) is -1.46. The lowest BCUT2D eigenvalue weighted by molar-refractivity contribution is -0.146. The van der Waals surface area contributed by atoms with Crippen molar-refractivity contribution in [2.45, 2.75) is 23.5 Å². The van der Waals surface area contributed by atoms with Crippen molar-refractivity contribution in [3.05, 3.63) is 53.1 Å². The molecule has 2 aromatic rings. The van der Waals surface area contributed by atoms with E-state index in [1.807, 2.05) is 0 Å². The number of aliphatic hydroxyl groups excluding tert-OH is 1. The van der Waals surface area contributed by atoms with E-state index in [4.69, 9.17) is 21.1 Å². The highest BCUT2D eigenvalue weighted by atomic mass is 35.5. The number of halogens is 1. The van der Waals surface area contributed by atoms with Gasteiger partial charge in [0.2, 0.25) is 10.0 Å². The molecular weight excluding hydrogens is 476 g/mol. The second kappa shape index (κ2) is 9.10. The van der Waals surface area contributed by atoms with Gasteiger partial charge in [-0.3, -0.25) is 14.4 Å². The first-order valence-electron chi connectivity index (χ1n) is 9.87. The zero-order valence-corrected chi connectivity index (χ0v) is 18.6. The van der Waals surface area contributed by atoms with Gasteiger partial charge in [-0.2, -0.15) is 4.31 Å². The maximum absolute atomic E-state index is 13.0. The van der Waals surface area contributed by atoms with Gasteiger partial charge in [0, 0.05) is 23.6 Å². The molecule has 1 fully saturated rings. The minimum Gasteiger partial charge on any atom is -0.482 e. The van der Waals surface area contributed by atoms with Crippen molar-refractivity contribution >= 4 is 45.0 Å². The Kier molecular flexibility index (Phi) is 6.39. The number of β-amino-alcohol motifs (C(OH)–C–C–N with tert-alkyl or cyclic N) is 1. The molecule has 0 aliphatic carbocycles. The number of carbonyl (C=O) groups is 3.